The van der Waals surface area contributed by atoms with Gasteiger partial charge >= 0.3 is 0 Å². The second-order valence-electron chi connectivity index (χ2n) is 5.56. The highest BCUT2D eigenvalue weighted by atomic mass is 32.1. The van der Waals surface area contributed by atoms with E-state index in [0.717, 1.165) is 18.8 Å². The molecule has 1 atom stereocenters. The molecule has 1 N–H and O–H groups in total. The lowest BCUT2D eigenvalue weighted by atomic mass is 9.99. The van der Waals surface area contributed by atoms with E-state index in [-0.39, 0.29) is 0 Å². The Bertz CT molecular complexity index is 549. The van der Waals surface area contributed by atoms with Crippen LogP contribution in [0.5, 0.6) is 0 Å². The zero-order valence-corrected chi connectivity index (χ0v) is 13.0. The van der Waals surface area contributed by atoms with Crippen LogP contribution in [0, 0.1) is 0 Å². The number of thiophene rings is 1. The van der Waals surface area contributed by atoms with Crippen molar-refractivity contribution in [3.05, 3.63) is 33.5 Å². The molecule has 0 fully saturated rings. The second-order valence-corrected chi connectivity index (χ2v) is 6.73. The second kappa shape index (κ2) is 6.06. The van der Waals surface area contributed by atoms with E-state index in [2.05, 4.69) is 28.4 Å². The summed E-state index contributed by atoms with van der Waals surface area (Å²) in [4.78, 5) is 7.35. The highest BCUT2D eigenvalue weighted by Gasteiger charge is 2.16. The van der Waals surface area contributed by atoms with Gasteiger partial charge in [-0.3, -0.25) is 4.68 Å². The molecule has 2 aromatic heterocycles. The smallest absolute Gasteiger partial charge is 0.151 e. The van der Waals surface area contributed by atoms with E-state index in [9.17, 15) is 0 Å². The summed E-state index contributed by atoms with van der Waals surface area (Å²) >= 11 is 2.00. The number of aryl methyl sites for hydroxylation is 3. The Labute approximate surface area is 124 Å². The van der Waals surface area contributed by atoms with E-state index >= 15 is 0 Å². The minimum Gasteiger partial charge on any atom is -0.309 e. The van der Waals surface area contributed by atoms with Crippen LogP contribution in [0.1, 0.15) is 46.9 Å². The van der Waals surface area contributed by atoms with Crippen molar-refractivity contribution in [3.63, 3.8) is 0 Å². The van der Waals surface area contributed by atoms with Crippen LogP contribution in [-0.2, 0) is 26.3 Å². The summed E-state index contributed by atoms with van der Waals surface area (Å²) in [6, 6.07) is 2.84. The normalized spacial score (nSPS) is 16.1. The van der Waals surface area contributed by atoms with Gasteiger partial charge in [-0.1, -0.05) is 0 Å². The Hall–Kier alpha value is -1.20. The highest BCUT2D eigenvalue weighted by Crippen LogP contribution is 2.32. The third-order valence-corrected chi connectivity index (χ3v) is 5.31. The van der Waals surface area contributed by atoms with E-state index in [1.54, 1.807) is 21.4 Å². The first kappa shape index (κ1) is 13.8. The largest absolute Gasteiger partial charge is 0.309 e. The molecule has 2 heterocycles. The van der Waals surface area contributed by atoms with Crippen molar-refractivity contribution in [2.45, 2.75) is 45.1 Å². The van der Waals surface area contributed by atoms with Gasteiger partial charge in [0.15, 0.2) is 5.82 Å². The van der Waals surface area contributed by atoms with Crippen LogP contribution in [0.3, 0.4) is 0 Å². The molecule has 4 nitrogen and oxygen atoms in total. The summed E-state index contributed by atoms with van der Waals surface area (Å²) in [5.74, 6) is 0.915. The Morgan fingerprint density at radius 2 is 2.25 bits per heavy atom. The number of nitrogens with zero attached hydrogens (tertiary/aromatic N) is 3. The average molecular weight is 290 g/mol. The Morgan fingerprint density at radius 1 is 1.40 bits per heavy atom. The molecule has 0 spiro atoms. The molecular weight excluding hydrogens is 268 g/mol. The van der Waals surface area contributed by atoms with Gasteiger partial charge in [-0.15, -0.1) is 11.3 Å². The third kappa shape index (κ3) is 3.10. The molecule has 1 unspecified atom stereocenters. The first-order valence-corrected chi connectivity index (χ1v) is 8.23. The van der Waals surface area contributed by atoms with E-state index < -0.39 is 0 Å². The topological polar surface area (TPSA) is 42.7 Å². The van der Waals surface area contributed by atoms with Gasteiger partial charge in [-0.25, -0.2) is 4.98 Å². The van der Waals surface area contributed by atoms with Gasteiger partial charge in [0, 0.05) is 35.8 Å². The highest BCUT2D eigenvalue weighted by molar-refractivity contribution is 7.12. The fourth-order valence-electron chi connectivity index (χ4n) is 2.73. The monoisotopic (exact) mass is 290 g/mol. The van der Waals surface area contributed by atoms with Gasteiger partial charge in [0.1, 0.15) is 6.33 Å². The number of rotatable bonds is 5. The molecule has 0 aliphatic heterocycles. The van der Waals surface area contributed by atoms with Gasteiger partial charge in [0.25, 0.3) is 0 Å². The minimum absolute atomic E-state index is 0.425. The summed E-state index contributed by atoms with van der Waals surface area (Å²) in [5, 5.41) is 7.89. The number of hydrogen-bond acceptors (Lipinski definition) is 4. The molecule has 108 valence electrons. The zero-order valence-electron chi connectivity index (χ0n) is 12.2. The summed E-state index contributed by atoms with van der Waals surface area (Å²) in [7, 11) is 1.91. The van der Waals surface area contributed by atoms with Crippen molar-refractivity contribution in [2.24, 2.45) is 7.05 Å². The van der Waals surface area contributed by atoms with Crippen LogP contribution in [0.15, 0.2) is 12.4 Å². The zero-order chi connectivity index (χ0) is 13.9. The number of fused-ring (bicyclic) bond motifs is 1. The Morgan fingerprint density at radius 3 is 3.00 bits per heavy atom. The fourth-order valence-corrected chi connectivity index (χ4v) is 4.01. The van der Waals surface area contributed by atoms with E-state index in [4.69, 9.17) is 0 Å². The van der Waals surface area contributed by atoms with Crippen molar-refractivity contribution in [1.82, 2.24) is 20.1 Å². The molecule has 20 heavy (non-hydrogen) atoms. The van der Waals surface area contributed by atoms with E-state index in [0.29, 0.717) is 6.04 Å². The molecule has 0 aromatic carbocycles. The van der Waals surface area contributed by atoms with Gasteiger partial charge < -0.3 is 5.32 Å². The van der Waals surface area contributed by atoms with Crippen molar-refractivity contribution >= 4 is 11.3 Å². The maximum absolute atomic E-state index is 4.30. The average Bonchev–Trinajstić information content (AvgIpc) is 3.04. The molecule has 0 saturated heterocycles. The molecule has 0 amide bonds. The lowest BCUT2D eigenvalue weighted by molar-refractivity contribution is 0.575. The Kier molecular flexibility index (Phi) is 4.17. The molecular formula is C15H22N4S. The fraction of sp³-hybridized carbons (Fsp3) is 0.600. The maximum Gasteiger partial charge on any atom is 0.151 e. The van der Waals surface area contributed by atoms with Gasteiger partial charge in [0.05, 0.1) is 0 Å². The molecule has 5 heteroatoms. The molecule has 1 aliphatic rings. The summed E-state index contributed by atoms with van der Waals surface area (Å²) in [6.07, 6.45) is 7.92. The summed E-state index contributed by atoms with van der Waals surface area (Å²) in [5.41, 5.74) is 1.59. The first-order chi connectivity index (χ1) is 9.72. The molecule has 1 aliphatic carbocycles. The molecule has 3 rings (SSSR count). The summed E-state index contributed by atoms with van der Waals surface area (Å²) in [6.45, 7) is 3.18. The van der Waals surface area contributed by atoms with Crippen LogP contribution in [0.2, 0.25) is 0 Å². The van der Waals surface area contributed by atoms with Crippen molar-refractivity contribution in [3.8, 4) is 0 Å². The van der Waals surface area contributed by atoms with Crippen LogP contribution in [0.25, 0.3) is 0 Å². The third-order valence-electron chi connectivity index (χ3n) is 3.89. The van der Waals surface area contributed by atoms with Gasteiger partial charge in [-0.2, -0.15) is 5.10 Å². The number of nitrogens with one attached hydrogen (secondary N) is 1. The molecule has 0 saturated carbocycles. The van der Waals surface area contributed by atoms with Crippen LogP contribution >= 0.6 is 11.3 Å². The molecule has 0 bridgehead atoms. The lowest BCUT2D eigenvalue weighted by Gasteiger charge is -2.10. The van der Waals surface area contributed by atoms with Gasteiger partial charge in [0.2, 0.25) is 0 Å². The first-order valence-electron chi connectivity index (χ1n) is 7.42. The van der Waals surface area contributed by atoms with E-state index in [1.807, 2.05) is 18.4 Å². The van der Waals surface area contributed by atoms with E-state index in [1.165, 1.54) is 30.6 Å². The predicted molar refractivity (Wildman–Crippen MR) is 82.1 cm³/mol. The predicted octanol–water partition coefficient (Wildman–Crippen LogP) is 2.65. The van der Waals surface area contributed by atoms with Crippen LogP contribution in [0.4, 0.5) is 0 Å². The van der Waals surface area contributed by atoms with Crippen molar-refractivity contribution in [1.29, 1.82) is 0 Å². The molecule has 0 radical (unpaired) electrons. The van der Waals surface area contributed by atoms with Gasteiger partial charge in [-0.05, 0) is 44.2 Å². The number of hydrogen-bond donors (Lipinski definition) is 1. The van der Waals surface area contributed by atoms with Crippen molar-refractivity contribution < 1.29 is 0 Å². The SMILES string of the molecule is CC(NCCc1ncn(C)n1)c1cc2c(s1)CCCC2. The maximum atomic E-state index is 4.30. The molecule has 2 aromatic rings. The Balaban J connectivity index is 1.53. The quantitative estimate of drug-likeness (QED) is 0.920. The summed E-state index contributed by atoms with van der Waals surface area (Å²) < 4.78 is 1.76. The standard InChI is InChI=1S/C15H22N4S/c1-11(16-8-7-15-17-10-19(2)18-15)14-9-12-5-3-4-6-13(12)20-14/h9-11,16H,3-8H2,1-2H3. The minimum atomic E-state index is 0.425. The van der Waals surface area contributed by atoms with Crippen molar-refractivity contribution in [2.75, 3.05) is 6.54 Å². The van der Waals surface area contributed by atoms with Crippen LogP contribution < -0.4 is 5.32 Å². The van der Waals surface area contributed by atoms with Crippen LogP contribution in [-0.4, -0.2) is 21.3 Å². The number of aromatic nitrogens is 3. The lowest BCUT2D eigenvalue weighted by Crippen LogP contribution is -2.21.